The molecule has 5 nitrogen and oxygen atoms in total. The molecule has 2 aromatic carbocycles. The average Bonchev–Trinajstić information content (AvgIpc) is 3.16. The van der Waals surface area contributed by atoms with E-state index in [1.807, 2.05) is 24.3 Å². The Bertz CT molecular complexity index is 937. The maximum atomic E-state index is 12.1. The number of carbonyl (C=O) groups excluding carboxylic acids is 2. The second-order valence-corrected chi connectivity index (χ2v) is 6.51. The fourth-order valence-electron chi connectivity index (χ4n) is 2.20. The molecule has 0 saturated carbocycles. The molecule has 0 spiro atoms. The Balaban J connectivity index is 1.64. The highest BCUT2D eigenvalue weighted by molar-refractivity contribution is 7.13. The Kier molecular flexibility index (Phi) is 5.65. The zero-order valence-electron chi connectivity index (χ0n) is 13.8. The van der Waals surface area contributed by atoms with Crippen LogP contribution in [0, 0.1) is 0 Å². The molecule has 0 atom stereocenters. The fourth-order valence-corrected chi connectivity index (χ4v) is 3.24. The van der Waals surface area contributed by atoms with Crippen molar-refractivity contribution in [1.29, 1.82) is 0 Å². The van der Waals surface area contributed by atoms with Crippen LogP contribution in [0.15, 0.2) is 53.9 Å². The molecule has 3 rings (SSSR count). The lowest BCUT2D eigenvalue weighted by Crippen LogP contribution is -2.14. The Labute approximate surface area is 159 Å². The molecule has 7 heteroatoms. The predicted molar refractivity (Wildman–Crippen MR) is 100 cm³/mol. The van der Waals surface area contributed by atoms with Crippen LogP contribution in [-0.2, 0) is 4.74 Å². The highest BCUT2D eigenvalue weighted by Crippen LogP contribution is 2.26. The van der Waals surface area contributed by atoms with Gasteiger partial charge in [-0.25, -0.2) is 9.78 Å². The van der Waals surface area contributed by atoms with Gasteiger partial charge in [0, 0.05) is 16.5 Å². The van der Waals surface area contributed by atoms with Crippen LogP contribution in [-0.4, -0.2) is 30.5 Å². The van der Waals surface area contributed by atoms with Crippen molar-refractivity contribution >= 4 is 34.7 Å². The first kappa shape index (κ1) is 18.1. The van der Waals surface area contributed by atoms with Gasteiger partial charge in [0.05, 0.1) is 12.1 Å². The van der Waals surface area contributed by atoms with Crippen molar-refractivity contribution in [3.05, 3.63) is 70.2 Å². The molecule has 0 amide bonds. The van der Waals surface area contributed by atoms with Crippen molar-refractivity contribution in [1.82, 2.24) is 4.98 Å². The number of Topliss-reactive ketones (excluding diaryl/α,β-unsaturated/α-hetero) is 1. The van der Waals surface area contributed by atoms with Crippen molar-refractivity contribution in [2.75, 3.05) is 13.7 Å². The van der Waals surface area contributed by atoms with Gasteiger partial charge in [-0.3, -0.25) is 4.79 Å². The highest BCUT2D eigenvalue weighted by Gasteiger charge is 2.17. The molecule has 0 fully saturated rings. The van der Waals surface area contributed by atoms with E-state index >= 15 is 0 Å². The third-order valence-electron chi connectivity index (χ3n) is 3.56. The Morgan fingerprint density at radius 1 is 1.12 bits per heavy atom. The monoisotopic (exact) mass is 387 g/mol. The lowest BCUT2D eigenvalue weighted by Gasteiger charge is -2.04. The molecule has 0 bridgehead atoms. The minimum Gasteiger partial charge on any atom is -0.497 e. The number of esters is 1. The maximum Gasteiger partial charge on any atom is 0.358 e. The van der Waals surface area contributed by atoms with Gasteiger partial charge in [0.15, 0.2) is 12.3 Å². The quantitative estimate of drug-likeness (QED) is 0.460. The number of aromatic nitrogens is 1. The molecule has 0 saturated heterocycles. The minimum absolute atomic E-state index is 0.160. The first-order chi connectivity index (χ1) is 12.6. The van der Waals surface area contributed by atoms with E-state index in [1.54, 1.807) is 36.8 Å². The number of benzene rings is 2. The predicted octanol–water partition coefficient (Wildman–Crippen LogP) is 4.51. The van der Waals surface area contributed by atoms with Crippen molar-refractivity contribution in [2.45, 2.75) is 0 Å². The number of rotatable bonds is 6. The zero-order valence-corrected chi connectivity index (χ0v) is 15.3. The van der Waals surface area contributed by atoms with Crippen molar-refractivity contribution in [3.63, 3.8) is 0 Å². The first-order valence-corrected chi connectivity index (χ1v) is 8.89. The van der Waals surface area contributed by atoms with Gasteiger partial charge in [-0.05, 0) is 36.4 Å². The number of ether oxygens (including phenoxy) is 2. The number of hydrogen-bond acceptors (Lipinski definition) is 6. The Hall–Kier alpha value is -2.70. The molecule has 3 aromatic rings. The van der Waals surface area contributed by atoms with Crippen LogP contribution < -0.4 is 4.74 Å². The molecule has 26 heavy (non-hydrogen) atoms. The van der Waals surface area contributed by atoms with Gasteiger partial charge in [-0.15, -0.1) is 11.3 Å². The second-order valence-electron chi connectivity index (χ2n) is 5.25. The largest absolute Gasteiger partial charge is 0.497 e. The molecular formula is C19H14ClNO4S. The van der Waals surface area contributed by atoms with E-state index in [2.05, 4.69) is 4.98 Å². The fraction of sp³-hybridized carbons (Fsp3) is 0.105. The summed E-state index contributed by atoms with van der Waals surface area (Å²) in [5.41, 5.74) is 1.34. The summed E-state index contributed by atoms with van der Waals surface area (Å²) in [5, 5.41) is 2.60. The van der Waals surface area contributed by atoms with Gasteiger partial charge in [-0.1, -0.05) is 23.7 Å². The summed E-state index contributed by atoms with van der Waals surface area (Å²) in [6.45, 7) is -0.391. The molecule has 0 aliphatic rings. The normalized spacial score (nSPS) is 10.4. The molecule has 132 valence electrons. The SMILES string of the molecule is COc1ccc(-c2nc(C(=O)OCC(=O)c3ccccc3Cl)cs2)cc1. The van der Waals surface area contributed by atoms with Gasteiger partial charge in [-0.2, -0.15) is 0 Å². The van der Waals surface area contributed by atoms with E-state index < -0.39 is 12.6 Å². The van der Waals surface area contributed by atoms with E-state index in [4.69, 9.17) is 21.1 Å². The van der Waals surface area contributed by atoms with Gasteiger partial charge in [0.1, 0.15) is 10.8 Å². The number of thiazole rings is 1. The van der Waals surface area contributed by atoms with Gasteiger partial charge in [0.2, 0.25) is 5.78 Å². The molecule has 0 unspecified atom stereocenters. The summed E-state index contributed by atoms with van der Waals surface area (Å²) in [4.78, 5) is 28.5. The number of methoxy groups -OCH3 is 1. The lowest BCUT2D eigenvalue weighted by molar-refractivity contribution is 0.0470. The minimum atomic E-state index is -0.651. The molecule has 0 aliphatic heterocycles. The summed E-state index contributed by atoms with van der Waals surface area (Å²) in [6, 6.07) is 14.0. The van der Waals surface area contributed by atoms with Crippen LogP contribution in [0.2, 0.25) is 5.02 Å². The van der Waals surface area contributed by atoms with Crippen LogP contribution >= 0.6 is 22.9 Å². The summed E-state index contributed by atoms with van der Waals surface area (Å²) in [5.74, 6) is -0.279. The third kappa shape index (κ3) is 4.09. The van der Waals surface area contributed by atoms with Crippen LogP contribution in [0.4, 0.5) is 0 Å². The topological polar surface area (TPSA) is 65.5 Å². The van der Waals surface area contributed by atoms with Crippen LogP contribution in [0.1, 0.15) is 20.8 Å². The van der Waals surface area contributed by atoms with Crippen molar-refractivity contribution in [2.24, 2.45) is 0 Å². The van der Waals surface area contributed by atoms with Crippen LogP contribution in [0.3, 0.4) is 0 Å². The lowest BCUT2D eigenvalue weighted by atomic mass is 10.1. The molecular weight excluding hydrogens is 374 g/mol. The zero-order chi connectivity index (χ0) is 18.5. The average molecular weight is 388 g/mol. The van der Waals surface area contributed by atoms with E-state index in [0.29, 0.717) is 15.6 Å². The van der Waals surface area contributed by atoms with E-state index in [0.717, 1.165) is 11.3 Å². The van der Waals surface area contributed by atoms with Crippen molar-refractivity contribution < 1.29 is 19.1 Å². The van der Waals surface area contributed by atoms with Crippen LogP contribution in [0.5, 0.6) is 5.75 Å². The number of carbonyl (C=O) groups is 2. The smallest absolute Gasteiger partial charge is 0.358 e. The number of hydrogen-bond donors (Lipinski definition) is 0. The molecule has 0 radical (unpaired) electrons. The molecule has 0 N–H and O–H groups in total. The standard InChI is InChI=1S/C19H14ClNO4S/c1-24-13-8-6-12(7-9-13)18-21-16(11-26-18)19(23)25-10-17(22)14-4-2-3-5-15(14)20/h2-9,11H,10H2,1H3. The van der Waals surface area contributed by atoms with Crippen LogP contribution in [0.25, 0.3) is 10.6 Å². The van der Waals surface area contributed by atoms with Gasteiger partial charge < -0.3 is 9.47 Å². The first-order valence-electron chi connectivity index (χ1n) is 7.63. The van der Waals surface area contributed by atoms with E-state index in [1.165, 1.54) is 11.3 Å². The molecule has 0 aliphatic carbocycles. The van der Waals surface area contributed by atoms with Gasteiger partial charge >= 0.3 is 5.97 Å². The number of nitrogens with zero attached hydrogens (tertiary/aromatic N) is 1. The maximum absolute atomic E-state index is 12.1. The summed E-state index contributed by atoms with van der Waals surface area (Å²) >= 11 is 7.28. The third-order valence-corrected chi connectivity index (χ3v) is 4.78. The summed E-state index contributed by atoms with van der Waals surface area (Å²) in [7, 11) is 1.59. The molecule has 1 aromatic heterocycles. The number of halogens is 1. The van der Waals surface area contributed by atoms with E-state index in [9.17, 15) is 9.59 Å². The molecule has 1 heterocycles. The second kappa shape index (κ2) is 8.12. The summed E-state index contributed by atoms with van der Waals surface area (Å²) in [6.07, 6.45) is 0. The van der Waals surface area contributed by atoms with Crippen molar-refractivity contribution in [3.8, 4) is 16.3 Å². The Morgan fingerprint density at radius 2 is 1.85 bits per heavy atom. The van der Waals surface area contributed by atoms with Gasteiger partial charge in [0.25, 0.3) is 0 Å². The summed E-state index contributed by atoms with van der Waals surface area (Å²) < 4.78 is 10.2. The Morgan fingerprint density at radius 3 is 2.54 bits per heavy atom. The highest BCUT2D eigenvalue weighted by atomic mass is 35.5. The number of ketones is 1. The van der Waals surface area contributed by atoms with E-state index in [-0.39, 0.29) is 11.5 Å².